The summed E-state index contributed by atoms with van der Waals surface area (Å²) in [5.41, 5.74) is 1.23. The Morgan fingerprint density at radius 1 is 1.30 bits per heavy atom. The quantitative estimate of drug-likeness (QED) is 0.773. The van der Waals surface area contributed by atoms with Crippen molar-refractivity contribution in [1.82, 2.24) is 15.1 Å². The highest BCUT2D eigenvalue weighted by Gasteiger charge is 2.26. The molecule has 0 bridgehead atoms. The van der Waals surface area contributed by atoms with Crippen molar-refractivity contribution >= 4 is 0 Å². The maximum absolute atomic E-state index is 9.91. The summed E-state index contributed by atoms with van der Waals surface area (Å²) < 4.78 is 0. The van der Waals surface area contributed by atoms with E-state index in [0.717, 1.165) is 39.3 Å². The maximum atomic E-state index is 9.91. The van der Waals surface area contributed by atoms with Crippen molar-refractivity contribution < 1.29 is 5.11 Å². The van der Waals surface area contributed by atoms with Crippen LogP contribution in [0.15, 0.2) is 24.3 Å². The van der Waals surface area contributed by atoms with Gasteiger partial charge >= 0.3 is 0 Å². The number of hydrogen-bond donors (Lipinski definition) is 2. The van der Waals surface area contributed by atoms with Gasteiger partial charge in [0.15, 0.2) is 0 Å². The fourth-order valence-electron chi connectivity index (χ4n) is 3.58. The molecule has 1 heterocycles. The monoisotopic (exact) mass is 319 g/mol. The van der Waals surface area contributed by atoms with E-state index in [-0.39, 0.29) is 0 Å². The lowest BCUT2D eigenvalue weighted by Gasteiger charge is -2.40. The van der Waals surface area contributed by atoms with Gasteiger partial charge in [0.05, 0.1) is 0 Å². The molecule has 0 spiro atoms. The van der Waals surface area contributed by atoms with E-state index in [2.05, 4.69) is 42.0 Å². The first-order valence-corrected chi connectivity index (χ1v) is 9.12. The summed E-state index contributed by atoms with van der Waals surface area (Å²) in [7, 11) is 0. The molecule has 4 heteroatoms. The fraction of sp³-hybridized carbons (Fsp3) is 0.684. The molecule has 1 saturated heterocycles. The first kappa shape index (κ1) is 18.2. The van der Waals surface area contributed by atoms with Crippen LogP contribution >= 0.6 is 0 Å². The minimum atomic E-state index is 0.352. The van der Waals surface area contributed by atoms with E-state index in [4.69, 9.17) is 0 Å². The molecule has 2 atom stereocenters. The van der Waals surface area contributed by atoms with Crippen LogP contribution in [0.25, 0.3) is 0 Å². The number of benzene rings is 1. The zero-order valence-corrected chi connectivity index (χ0v) is 15.0. The topological polar surface area (TPSA) is 38.7 Å². The number of aromatic hydroxyl groups is 1. The number of nitrogens with one attached hydrogen (secondary N) is 1. The average Bonchev–Trinajstić information content (AvgIpc) is 2.53. The minimum Gasteiger partial charge on any atom is -0.508 e. The van der Waals surface area contributed by atoms with E-state index in [9.17, 15) is 5.11 Å². The molecule has 1 aliphatic rings. The van der Waals surface area contributed by atoms with Gasteiger partial charge < -0.3 is 15.3 Å². The van der Waals surface area contributed by atoms with Crippen molar-refractivity contribution in [1.29, 1.82) is 0 Å². The highest BCUT2D eigenvalue weighted by Crippen LogP contribution is 2.26. The van der Waals surface area contributed by atoms with E-state index < -0.39 is 0 Å². The van der Waals surface area contributed by atoms with Crippen molar-refractivity contribution in [2.24, 2.45) is 0 Å². The Kier molecular flexibility index (Phi) is 7.34. The van der Waals surface area contributed by atoms with Crippen molar-refractivity contribution in [3.8, 4) is 5.75 Å². The van der Waals surface area contributed by atoms with Gasteiger partial charge in [-0.2, -0.15) is 0 Å². The third kappa shape index (κ3) is 5.48. The molecule has 1 aliphatic heterocycles. The SMILES string of the molecule is CCCN(CCC)CC(c1cccc(O)c1)N1CCNC(C)C1. The third-order valence-corrected chi connectivity index (χ3v) is 4.61. The zero-order valence-electron chi connectivity index (χ0n) is 15.0. The predicted molar refractivity (Wildman–Crippen MR) is 96.9 cm³/mol. The van der Waals surface area contributed by atoms with Gasteiger partial charge in [0, 0.05) is 38.3 Å². The lowest BCUT2D eigenvalue weighted by atomic mass is 10.0. The van der Waals surface area contributed by atoms with Crippen LogP contribution in [-0.2, 0) is 0 Å². The molecule has 1 aromatic rings. The molecule has 130 valence electrons. The lowest BCUT2D eigenvalue weighted by molar-refractivity contribution is 0.108. The molecule has 1 fully saturated rings. The van der Waals surface area contributed by atoms with E-state index in [0.29, 0.717) is 17.8 Å². The Morgan fingerprint density at radius 2 is 2.04 bits per heavy atom. The average molecular weight is 319 g/mol. The number of nitrogens with zero attached hydrogens (tertiary/aromatic N) is 2. The van der Waals surface area contributed by atoms with Crippen molar-refractivity contribution in [3.63, 3.8) is 0 Å². The van der Waals surface area contributed by atoms with Crippen LogP contribution in [0, 0.1) is 0 Å². The summed E-state index contributed by atoms with van der Waals surface area (Å²) in [5, 5.41) is 13.4. The second-order valence-electron chi connectivity index (χ2n) is 6.76. The maximum Gasteiger partial charge on any atom is 0.115 e. The summed E-state index contributed by atoms with van der Waals surface area (Å²) in [6.07, 6.45) is 2.37. The summed E-state index contributed by atoms with van der Waals surface area (Å²) in [6.45, 7) is 13.2. The summed E-state index contributed by atoms with van der Waals surface area (Å²) in [6, 6.07) is 8.70. The van der Waals surface area contributed by atoms with Crippen LogP contribution in [0.1, 0.15) is 45.2 Å². The third-order valence-electron chi connectivity index (χ3n) is 4.61. The second kappa shape index (κ2) is 9.26. The molecular weight excluding hydrogens is 286 g/mol. The Bertz CT molecular complexity index is 460. The molecule has 0 aromatic heterocycles. The van der Waals surface area contributed by atoms with Gasteiger partial charge in [-0.1, -0.05) is 26.0 Å². The summed E-state index contributed by atoms with van der Waals surface area (Å²) in [5.74, 6) is 0.369. The molecular formula is C19H33N3O. The molecule has 0 radical (unpaired) electrons. The van der Waals surface area contributed by atoms with Gasteiger partial charge in [-0.15, -0.1) is 0 Å². The van der Waals surface area contributed by atoms with Crippen LogP contribution in [0.4, 0.5) is 0 Å². The van der Waals surface area contributed by atoms with Crippen LogP contribution in [-0.4, -0.2) is 60.2 Å². The Balaban J connectivity index is 2.19. The minimum absolute atomic E-state index is 0.352. The Hall–Kier alpha value is -1.10. The number of hydrogen-bond acceptors (Lipinski definition) is 4. The molecule has 1 aromatic carbocycles. The van der Waals surface area contributed by atoms with Crippen molar-refractivity contribution in [3.05, 3.63) is 29.8 Å². The molecule has 2 unspecified atom stereocenters. The standard InChI is InChI=1S/C19H33N3O/c1-4-10-21(11-5-2)15-19(17-7-6-8-18(23)13-17)22-12-9-20-16(3)14-22/h6-8,13,16,19-20,23H,4-5,9-12,14-15H2,1-3H3. The Morgan fingerprint density at radius 3 is 2.65 bits per heavy atom. The number of phenolic OH excluding ortho intramolecular Hbond substituents is 1. The summed E-state index contributed by atoms with van der Waals surface area (Å²) in [4.78, 5) is 5.15. The number of piperazine rings is 1. The van der Waals surface area contributed by atoms with Crippen LogP contribution < -0.4 is 5.32 Å². The largest absolute Gasteiger partial charge is 0.508 e. The second-order valence-corrected chi connectivity index (χ2v) is 6.76. The molecule has 4 nitrogen and oxygen atoms in total. The molecule has 0 saturated carbocycles. The van der Waals surface area contributed by atoms with E-state index in [1.54, 1.807) is 6.07 Å². The van der Waals surface area contributed by atoms with Gasteiger partial charge in [0.2, 0.25) is 0 Å². The lowest BCUT2D eigenvalue weighted by Crippen LogP contribution is -2.52. The highest BCUT2D eigenvalue weighted by molar-refractivity contribution is 5.30. The van der Waals surface area contributed by atoms with Crippen molar-refractivity contribution in [2.45, 2.75) is 45.7 Å². The van der Waals surface area contributed by atoms with Crippen LogP contribution in [0.5, 0.6) is 5.75 Å². The number of rotatable bonds is 8. The number of phenols is 1. The van der Waals surface area contributed by atoms with Crippen LogP contribution in [0.2, 0.25) is 0 Å². The van der Waals surface area contributed by atoms with Gasteiger partial charge in [0.25, 0.3) is 0 Å². The fourth-order valence-corrected chi connectivity index (χ4v) is 3.58. The Labute approximate surface area is 141 Å². The van der Waals surface area contributed by atoms with Gasteiger partial charge in [-0.05, 0) is 50.6 Å². The van der Waals surface area contributed by atoms with Crippen LogP contribution in [0.3, 0.4) is 0 Å². The van der Waals surface area contributed by atoms with E-state index in [1.165, 1.54) is 18.4 Å². The zero-order chi connectivity index (χ0) is 16.7. The van der Waals surface area contributed by atoms with Gasteiger partial charge in [-0.3, -0.25) is 4.90 Å². The van der Waals surface area contributed by atoms with E-state index >= 15 is 0 Å². The molecule has 2 N–H and O–H groups in total. The summed E-state index contributed by atoms with van der Waals surface area (Å²) >= 11 is 0. The molecule has 0 amide bonds. The normalized spacial score (nSPS) is 20.8. The molecule has 0 aliphatic carbocycles. The predicted octanol–water partition coefficient (Wildman–Crippen LogP) is 2.85. The van der Waals surface area contributed by atoms with E-state index in [1.807, 2.05) is 12.1 Å². The first-order chi connectivity index (χ1) is 11.1. The molecule has 2 rings (SSSR count). The van der Waals surface area contributed by atoms with Gasteiger partial charge in [-0.25, -0.2) is 0 Å². The smallest absolute Gasteiger partial charge is 0.115 e. The molecule has 23 heavy (non-hydrogen) atoms. The van der Waals surface area contributed by atoms with Gasteiger partial charge in [0.1, 0.15) is 5.75 Å². The van der Waals surface area contributed by atoms with Crippen molar-refractivity contribution in [2.75, 3.05) is 39.3 Å². The first-order valence-electron chi connectivity index (χ1n) is 9.12. The highest BCUT2D eigenvalue weighted by atomic mass is 16.3.